The molecule has 246 valence electrons. The summed E-state index contributed by atoms with van der Waals surface area (Å²) in [5.74, 6) is 0.275. The number of halogens is 2. The number of piperidine rings is 1. The Labute approximate surface area is 275 Å². The summed E-state index contributed by atoms with van der Waals surface area (Å²) in [5, 5.41) is 27.9. The van der Waals surface area contributed by atoms with Crippen molar-refractivity contribution in [2.75, 3.05) is 33.7 Å². The van der Waals surface area contributed by atoms with Crippen molar-refractivity contribution in [3.8, 4) is 22.8 Å². The fourth-order valence-corrected chi connectivity index (χ4v) is 4.52. The third-order valence-corrected chi connectivity index (χ3v) is 6.87. The highest BCUT2D eigenvalue weighted by Crippen LogP contribution is 2.41. The summed E-state index contributed by atoms with van der Waals surface area (Å²) in [4.78, 5) is 36.2. The van der Waals surface area contributed by atoms with E-state index in [1.165, 1.54) is 19.1 Å². The molecule has 1 fully saturated rings. The van der Waals surface area contributed by atoms with E-state index in [0.29, 0.717) is 35.8 Å². The number of aromatic carboxylic acids is 1. The lowest BCUT2D eigenvalue weighted by molar-refractivity contribution is -0.133. The van der Waals surface area contributed by atoms with Crippen LogP contribution in [0.2, 0.25) is 10.0 Å². The molecule has 1 saturated heterocycles. The van der Waals surface area contributed by atoms with E-state index in [2.05, 4.69) is 48.3 Å². The van der Waals surface area contributed by atoms with Crippen molar-refractivity contribution < 1.29 is 24.2 Å². The Kier molecular flexibility index (Phi) is 17.5. The minimum Gasteiger partial charge on any atom is -0.478 e. The second-order valence-electron chi connectivity index (χ2n) is 10.7. The van der Waals surface area contributed by atoms with Crippen molar-refractivity contribution in [2.24, 2.45) is 5.92 Å². The van der Waals surface area contributed by atoms with Gasteiger partial charge in [-0.25, -0.2) is 4.79 Å². The first-order valence-corrected chi connectivity index (χ1v) is 15.1. The van der Waals surface area contributed by atoms with Crippen LogP contribution in [-0.2, 0) is 9.59 Å². The van der Waals surface area contributed by atoms with E-state index in [0.717, 1.165) is 24.5 Å². The van der Waals surface area contributed by atoms with Crippen molar-refractivity contribution >= 4 is 47.7 Å². The van der Waals surface area contributed by atoms with Crippen LogP contribution in [0.3, 0.4) is 0 Å². The maximum absolute atomic E-state index is 12.2. The largest absolute Gasteiger partial charge is 0.478 e. The van der Waals surface area contributed by atoms with Crippen molar-refractivity contribution in [2.45, 2.75) is 46.5 Å². The molecule has 0 bridgehead atoms. The van der Waals surface area contributed by atoms with Gasteiger partial charge in [-0.2, -0.15) is 5.10 Å². The van der Waals surface area contributed by atoms with Gasteiger partial charge in [0.05, 0.1) is 22.8 Å². The van der Waals surface area contributed by atoms with Crippen molar-refractivity contribution in [1.29, 1.82) is 5.41 Å². The van der Waals surface area contributed by atoms with Crippen LogP contribution in [-0.4, -0.2) is 78.4 Å². The highest BCUT2D eigenvalue weighted by molar-refractivity contribution is 6.44. The second kappa shape index (κ2) is 20.2. The summed E-state index contributed by atoms with van der Waals surface area (Å²) >= 11 is 13.0. The standard InChI is InChI=1S/C25H24Cl2N4O5.C4H10.C2H7N.CH3N/c1-14(32)28-13-22(33)31-9-7-15(8-10-31)19-12-20(30-29-19)18-5-6-21(24(27)23(18)26)36-17-4-2-3-16(11-17)25(34)35;1-4(2)3;1-3-2;1-2/h2-6,11-12,15H,7-10,13H2,1H3,(H,28,32)(H,29,30)(H,34,35);4H,1-3H3;3H,1-2H3;2H,1H2. The van der Waals surface area contributed by atoms with Gasteiger partial charge in [0.1, 0.15) is 16.5 Å². The maximum Gasteiger partial charge on any atom is 0.335 e. The van der Waals surface area contributed by atoms with E-state index >= 15 is 0 Å². The molecule has 13 heteroatoms. The molecule has 5 N–H and O–H groups in total. The number of aromatic amines is 1. The molecule has 2 heterocycles. The number of carboxylic acids is 1. The number of aromatic nitrogens is 2. The molecule has 1 aromatic heterocycles. The zero-order valence-electron chi connectivity index (χ0n) is 26.7. The van der Waals surface area contributed by atoms with Crippen LogP contribution >= 0.6 is 23.2 Å². The number of benzene rings is 2. The Morgan fingerprint density at radius 2 is 1.69 bits per heavy atom. The molecular weight excluding hydrogens is 619 g/mol. The topological polar surface area (TPSA) is 160 Å². The summed E-state index contributed by atoms with van der Waals surface area (Å²) in [7, 11) is 3.75. The van der Waals surface area contributed by atoms with Gasteiger partial charge in [0.15, 0.2) is 0 Å². The first-order chi connectivity index (χ1) is 21.4. The Balaban J connectivity index is 0.00000101. The number of nitrogens with one attached hydrogen (secondary N) is 4. The average molecular weight is 664 g/mol. The molecule has 0 saturated carbocycles. The first kappa shape index (κ1) is 39.1. The van der Waals surface area contributed by atoms with E-state index in [4.69, 9.17) is 38.5 Å². The number of hydrogen-bond acceptors (Lipinski definition) is 7. The highest BCUT2D eigenvalue weighted by atomic mass is 35.5. The van der Waals surface area contributed by atoms with Crippen molar-refractivity contribution in [1.82, 2.24) is 25.7 Å². The van der Waals surface area contributed by atoms with Gasteiger partial charge in [-0.1, -0.05) is 50.0 Å². The minimum atomic E-state index is -1.06. The predicted molar refractivity (Wildman–Crippen MR) is 180 cm³/mol. The number of nitrogens with zero attached hydrogens (tertiary/aromatic N) is 2. The van der Waals surface area contributed by atoms with Gasteiger partial charge in [0.2, 0.25) is 11.8 Å². The van der Waals surface area contributed by atoms with Gasteiger partial charge in [0.25, 0.3) is 0 Å². The SMILES string of the molecule is C=N.CC(=O)NCC(=O)N1CCC(c2cc(-c3ccc(Oc4cccc(C(=O)O)c4)c(Cl)c3Cl)n[nH]2)CC1.CC(C)C.CNC. The molecule has 11 nitrogen and oxygen atoms in total. The molecule has 1 aliphatic rings. The lowest BCUT2D eigenvalue weighted by Crippen LogP contribution is -2.43. The summed E-state index contributed by atoms with van der Waals surface area (Å²) in [6.07, 6.45) is 1.54. The zero-order chi connectivity index (χ0) is 34.1. The van der Waals surface area contributed by atoms with Crippen LogP contribution in [0, 0.1) is 11.3 Å². The third-order valence-electron chi connectivity index (χ3n) is 6.01. The van der Waals surface area contributed by atoms with Crippen LogP contribution in [0.5, 0.6) is 11.5 Å². The maximum atomic E-state index is 12.2. The molecule has 0 aliphatic carbocycles. The molecule has 2 amide bonds. The minimum absolute atomic E-state index is 0.0121. The Morgan fingerprint density at radius 3 is 2.24 bits per heavy atom. The number of amides is 2. The van der Waals surface area contributed by atoms with Crippen LogP contribution in [0.15, 0.2) is 42.5 Å². The number of likely N-dealkylation sites (tertiary alicyclic amines) is 1. The molecule has 0 radical (unpaired) electrons. The quantitative estimate of drug-likeness (QED) is 0.181. The molecular formula is C32H44Cl2N6O5. The average Bonchev–Trinajstić information content (AvgIpc) is 3.50. The molecule has 0 unspecified atom stereocenters. The van der Waals surface area contributed by atoms with Crippen molar-refractivity contribution in [3.05, 3.63) is 63.8 Å². The second-order valence-corrected chi connectivity index (χ2v) is 11.4. The fourth-order valence-electron chi connectivity index (χ4n) is 4.06. The molecule has 0 atom stereocenters. The molecule has 0 spiro atoms. The van der Waals surface area contributed by atoms with E-state index in [1.807, 2.05) is 20.2 Å². The van der Waals surface area contributed by atoms with Gasteiger partial charge >= 0.3 is 5.97 Å². The molecule has 3 aromatic rings. The number of carboxylic acid groups (broad SMARTS) is 1. The Bertz CT molecular complexity index is 1390. The summed E-state index contributed by atoms with van der Waals surface area (Å²) in [6.45, 7) is 11.6. The summed E-state index contributed by atoms with van der Waals surface area (Å²) in [6, 6.07) is 11.4. The number of hydrogen-bond donors (Lipinski definition) is 5. The van der Waals surface area contributed by atoms with Gasteiger partial charge in [-0.3, -0.25) is 14.7 Å². The highest BCUT2D eigenvalue weighted by Gasteiger charge is 2.26. The Hall–Kier alpha value is -3.93. The van der Waals surface area contributed by atoms with E-state index in [9.17, 15) is 14.4 Å². The third kappa shape index (κ3) is 12.9. The first-order valence-electron chi connectivity index (χ1n) is 14.4. The van der Waals surface area contributed by atoms with E-state index in [1.54, 1.807) is 29.2 Å². The summed E-state index contributed by atoms with van der Waals surface area (Å²) < 4.78 is 5.77. The van der Waals surface area contributed by atoms with Crippen LogP contribution in [0.1, 0.15) is 62.5 Å². The fraction of sp³-hybridized carbons (Fsp3) is 0.406. The van der Waals surface area contributed by atoms with Gasteiger partial charge in [-0.15, -0.1) is 0 Å². The van der Waals surface area contributed by atoms with E-state index in [-0.39, 0.29) is 39.9 Å². The van der Waals surface area contributed by atoms with Crippen molar-refractivity contribution in [3.63, 3.8) is 0 Å². The normalized spacial score (nSPS) is 12.4. The zero-order valence-corrected chi connectivity index (χ0v) is 28.2. The molecule has 45 heavy (non-hydrogen) atoms. The number of carbonyl (C=O) groups excluding carboxylic acids is 2. The van der Waals surface area contributed by atoms with Crippen LogP contribution in [0.4, 0.5) is 0 Å². The van der Waals surface area contributed by atoms with Gasteiger partial charge in [-0.05, 0) is 76.0 Å². The van der Waals surface area contributed by atoms with Gasteiger partial charge in [0, 0.05) is 37.2 Å². The predicted octanol–water partition coefficient (Wildman–Crippen LogP) is 6.48. The smallest absolute Gasteiger partial charge is 0.335 e. The number of H-pyrrole nitrogens is 1. The van der Waals surface area contributed by atoms with Gasteiger partial charge < -0.3 is 30.8 Å². The number of rotatable bonds is 7. The molecule has 1 aliphatic heterocycles. The lowest BCUT2D eigenvalue weighted by Gasteiger charge is -2.31. The van der Waals surface area contributed by atoms with E-state index < -0.39 is 5.97 Å². The van der Waals surface area contributed by atoms with Crippen LogP contribution < -0.4 is 15.4 Å². The monoisotopic (exact) mass is 662 g/mol. The Morgan fingerprint density at radius 1 is 1.09 bits per heavy atom. The lowest BCUT2D eigenvalue weighted by atomic mass is 9.93. The summed E-state index contributed by atoms with van der Waals surface area (Å²) in [5.41, 5.74) is 2.29. The number of ether oxygens (including phenoxy) is 1. The molecule has 4 rings (SSSR count). The molecule has 2 aromatic carbocycles. The number of carbonyl (C=O) groups is 3. The van der Waals surface area contributed by atoms with Crippen LogP contribution in [0.25, 0.3) is 11.3 Å².